The third-order valence-corrected chi connectivity index (χ3v) is 4.15. The van der Waals surface area contributed by atoms with Crippen molar-refractivity contribution < 1.29 is 9.53 Å². The van der Waals surface area contributed by atoms with Crippen molar-refractivity contribution in [1.29, 1.82) is 0 Å². The number of aromatic nitrogens is 1. The molecule has 2 rings (SSSR count). The fourth-order valence-electron chi connectivity index (χ4n) is 2.50. The Labute approximate surface area is 126 Å². The molecule has 1 aliphatic rings. The van der Waals surface area contributed by atoms with Crippen LogP contribution >= 0.6 is 0 Å². The normalized spacial score (nSPS) is 24.9. The van der Waals surface area contributed by atoms with Crippen LogP contribution in [0.15, 0.2) is 12.1 Å². The van der Waals surface area contributed by atoms with Crippen molar-refractivity contribution in [2.75, 3.05) is 18.5 Å². The molecule has 21 heavy (non-hydrogen) atoms. The Morgan fingerprint density at radius 1 is 1.48 bits per heavy atom. The minimum absolute atomic E-state index is 0.0298. The average molecular weight is 291 g/mol. The summed E-state index contributed by atoms with van der Waals surface area (Å²) >= 11 is 0. The zero-order chi connectivity index (χ0) is 15.5. The summed E-state index contributed by atoms with van der Waals surface area (Å²) in [5, 5.41) is 6.30. The van der Waals surface area contributed by atoms with E-state index < -0.39 is 0 Å². The number of nitrogens with one attached hydrogen (secondary N) is 2. The molecule has 0 spiro atoms. The molecule has 1 aliphatic heterocycles. The van der Waals surface area contributed by atoms with Gasteiger partial charge in [0.15, 0.2) is 0 Å². The lowest BCUT2D eigenvalue weighted by Gasteiger charge is -2.29. The van der Waals surface area contributed by atoms with Gasteiger partial charge in [-0.05, 0) is 45.7 Å². The van der Waals surface area contributed by atoms with Gasteiger partial charge in [-0.2, -0.15) is 0 Å². The van der Waals surface area contributed by atoms with E-state index in [4.69, 9.17) is 4.74 Å². The molecule has 1 fully saturated rings. The minimum atomic E-state index is -0.301. The van der Waals surface area contributed by atoms with Gasteiger partial charge in [0.05, 0.1) is 11.6 Å². The fourth-order valence-corrected chi connectivity index (χ4v) is 2.50. The molecule has 1 aromatic rings. The first kappa shape index (κ1) is 15.8. The Morgan fingerprint density at radius 2 is 2.24 bits per heavy atom. The molecule has 116 valence electrons. The SMILES string of the molecule is CCNc1cc(C(=O)NC2(C)CCOC2C)cc(CC)n1. The second-order valence-corrected chi connectivity index (χ2v) is 5.75. The molecule has 1 saturated heterocycles. The molecule has 2 atom stereocenters. The zero-order valence-electron chi connectivity index (χ0n) is 13.3. The Kier molecular flexibility index (Phi) is 4.83. The molecular weight excluding hydrogens is 266 g/mol. The molecule has 0 radical (unpaired) electrons. The van der Waals surface area contributed by atoms with Gasteiger partial charge in [0.25, 0.3) is 5.91 Å². The summed E-state index contributed by atoms with van der Waals surface area (Å²) in [4.78, 5) is 17.0. The number of anilines is 1. The molecule has 5 heteroatoms. The zero-order valence-corrected chi connectivity index (χ0v) is 13.3. The third kappa shape index (κ3) is 3.53. The van der Waals surface area contributed by atoms with Crippen LogP contribution in [0.25, 0.3) is 0 Å². The van der Waals surface area contributed by atoms with Gasteiger partial charge in [-0.15, -0.1) is 0 Å². The van der Waals surface area contributed by atoms with E-state index in [1.54, 1.807) is 0 Å². The van der Waals surface area contributed by atoms with E-state index >= 15 is 0 Å². The standard InChI is InChI=1S/C16H25N3O2/c1-5-13-9-12(10-14(18-13)17-6-2)15(20)19-16(4)7-8-21-11(16)3/h9-11H,5-8H2,1-4H3,(H,17,18)(H,19,20). The van der Waals surface area contributed by atoms with Crippen LogP contribution in [-0.2, 0) is 11.2 Å². The van der Waals surface area contributed by atoms with Crippen LogP contribution in [0.5, 0.6) is 0 Å². The Hall–Kier alpha value is -1.62. The number of hydrogen-bond donors (Lipinski definition) is 2. The van der Waals surface area contributed by atoms with Gasteiger partial charge in [-0.1, -0.05) is 6.92 Å². The molecule has 2 heterocycles. The summed E-state index contributed by atoms with van der Waals surface area (Å²) in [6.07, 6.45) is 1.67. The molecule has 0 aromatic carbocycles. The number of aryl methyl sites for hydroxylation is 1. The number of hydrogen-bond acceptors (Lipinski definition) is 4. The van der Waals surface area contributed by atoms with Gasteiger partial charge >= 0.3 is 0 Å². The molecule has 5 nitrogen and oxygen atoms in total. The quantitative estimate of drug-likeness (QED) is 0.874. The first-order chi connectivity index (χ1) is 9.98. The highest BCUT2D eigenvalue weighted by Crippen LogP contribution is 2.25. The molecule has 0 bridgehead atoms. The predicted octanol–water partition coefficient (Wildman–Crippen LogP) is 2.37. The average Bonchev–Trinajstić information content (AvgIpc) is 2.78. The summed E-state index contributed by atoms with van der Waals surface area (Å²) in [5.41, 5.74) is 1.27. The summed E-state index contributed by atoms with van der Waals surface area (Å²) in [6.45, 7) is 9.56. The maximum atomic E-state index is 12.6. The van der Waals surface area contributed by atoms with Gasteiger partial charge < -0.3 is 15.4 Å². The number of carbonyl (C=O) groups is 1. The number of carbonyl (C=O) groups excluding carboxylic acids is 1. The van der Waals surface area contributed by atoms with E-state index in [0.29, 0.717) is 12.2 Å². The second kappa shape index (κ2) is 6.43. The highest BCUT2D eigenvalue weighted by atomic mass is 16.5. The maximum absolute atomic E-state index is 12.6. The van der Waals surface area contributed by atoms with Gasteiger partial charge in [-0.3, -0.25) is 4.79 Å². The van der Waals surface area contributed by atoms with Crippen molar-refractivity contribution in [2.24, 2.45) is 0 Å². The van der Waals surface area contributed by atoms with Crippen molar-refractivity contribution in [3.8, 4) is 0 Å². The molecule has 2 unspecified atom stereocenters. The monoisotopic (exact) mass is 291 g/mol. The molecule has 0 aliphatic carbocycles. The highest BCUT2D eigenvalue weighted by Gasteiger charge is 2.38. The Bertz CT molecular complexity index is 518. The Morgan fingerprint density at radius 3 is 2.81 bits per heavy atom. The van der Waals surface area contributed by atoms with Crippen molar-refractivity contribution in [1.82, 2.24) is 10.3 Å². The smallest absolute Gasteiger partial charge is 0.251 e. The topological polar surface area (TPSA) is 63.2 Å². The van der Waals surface area contributed by atoms with Crippen LogP contribution in [0.3, 0.4) is 0 Å². The predicted molar refractivity (Wildman–Crippen MR) is 83.7 cm³/mol. The van der Waals surface area contributed by atoms with E-state index in [1.165, 1.54) is 0 Å². The van der Waals surface area contributed by atoms with Gasteiger partial charge in [-0.25, -0.2) is 4.98 Å². The minimum Gasteiger partial charge on any atom is -0.376 e. The lowest BCUT2D eigenvalue weighted by Crippen LogP contribution is -2.50. The van der Waals surface area contributed by atoms with Gasteiger partial charge in [0.1, 0.15) is 5.82 Å². The van der Waals surface area contributed by atoms with Crippen LogP contribution in [0.4, 0.5) is 5.82 Å². The van der Waals surface area contributed by atoms with Crippen LogP contribution in [-0.4, -0.2) is 35.7 Å². The molecule has 1 amide bonds. The molecule has 2 N–H and O–H groups in total. The molecule has 0 saturated carbocycles. The van der Waals surface area contributed by atoms with Crippen molar-refractivity contribution in [3.05, 3.63) is 23.4 Å². The van der Waals surface area contributed by atoms with Gasteiger partial charge in [0, 0.05) is 24.4 Å². The summed E-state index contributed by atoms with van der Waals surface area (Å²) in [5.74, 6) is 0.689. The second-order valence-electron chi connectivity index (χ2n) is 5.75. The van der Waals surface area contributed by atoms with Gasteiger partial charge in [0.2, 0.25) is 0 Å². The summed E-state index contributed by atoms with van der Waals surface area (Å²) in [7, 11) is 0. The first-order valence-electron chi connectivity index (χ1n) is 7.67. The molecule has 1 aromatic heterocycles. The summed E-state index contributed by atoms with van der Waals surface area (Å²) in [6, 6.07) is 3.67. The van der Waals surface area contributed by atoms with Crippen molar-refractivity contribution in [2.45, 2.75) is 52.2 Å². The highest BCUT2D eigenvalue weighted by molar-refractivity contribution is 5.95. The fraction of sp³-hybridized carbons (Fsp3) is 0.625. The van der Waals surface area contributed by atoms with E-state index in [1.807, 2.05) is 39.8 Å². The number of amides is 1. The van der Waals surface area contributed by atoms with Crippen LogP contribution < -0.4 is 10.6 Å². The number of rotatable bonds is 5. The van der Waals surface area contributed by atoms with Crippen LogP contribution in [0, 0.1) is 0 Å². The number of nitrogens with zero attached hydrogens (tertiary/aromatic N) is 1. The molecular formula is C16H25N3O2. The van der Waals surface area contributed by atoms with Crippen molar-refractivity contribution in [3.63, 3.8) is 0 Å². The maximum Gasteiger partial charge on any atom is 0.251 e. The third-order valence-electron chi connectivity index (χ3n) is 4.15. The Balaban J connectivity index is 2.20. The van der Waals surface area contributed by atoms with Crippen LogP contribution in [0.2, 0.25) is 0 Å². The van der Waals surface area contributed by atoms with Crippen LogP contribution in [0.1, 0.15) is 50.2 Å². The lowest BCUT2D eigenvalue weighted by atomic mass is 9.94. The first-order valence-corrected chi connectivity index (χ1v) is 7.67. The van der Waals surface area contributed by atoms with Crippen molar-refractivity contribution >= 4 is 11.7 Å². The van der Waals surface area contributed by atoms with E-state index in [2.05, 4.69) is 15.6 Å². The largest absolute Gasteiger partial charge is 0.376 e. The van der Waals surface area contributed by atoms with E-state index in [-0.39, 0.29) is 17.6 Å². The van der Waals surface area contributed by atoms with E-state index in [0.717, 1.165) is 30.9 Å². The lowest BCUT2D eigenvalue weighted by molar-refractivity contribution is 0.0727. The van der Waals surface area contributed by atoms with E-state index in [9.17, 15) is 4.79 Å². The summed E-state index contributed by atoms with van der Waals surface area (Å²) < 4.78 is 5.57. The number of pyridine rings is 1. The number of ether oxygens (including phenoxy) is 1.